The zero-order valence-electron chi connectivity index (χ0n) is 11.5. The van der Waals surface area contributed by atoms with Gasteiger partial charge in [-0.1, -0.05) is 0 Å². The van der Waals surface area contributed by atoms with Gasteiger partial charge < -0.3 is 5.32 Å². The number of hydrogen-bond donors (Lipinski definition) is 2. The highest BCUT2D eigenvalue weighted by Gasteiger charge is 2.15. The monoisotopic (exact) mass is 292 g/mol. The molecule has 2 heterocycles. The van der Waals surface area contributed by atoms with Crippen molar-refractivity contribution in [3.63, 3.8) is 0 Å². The lowest BCUT2D eigenvalue weighted by atomic mass is 10.2. The van der Waals surface area contributed by atoms with E-state index in [9.17, 15) is 8.42 Å². The maximum atomic E-state index is 12.3. The summed E-state index contributed by atoms with van der Waals surface area (Å²) in [7, 11) is -1.99. The topological polar surface area (TPSA) is 84.0 Å². The Balaban J connectivity index is 2.35. The van der Waals surface area contributed by atoms with Gasteiger partial charge in [0, 0.05) is 25.0 Å². The van der Waals surface area contributed by atoms with E-state index in [-0.39, 0.29) is 4.90 Å². The summed E-state index contributed by atoms with van der Waals surface area (Å²) in [6.45, 7) is 3.70. The summed E-state index contributed by atoms with van der Waals surface area (Å²) in [5, 5.41) is 2.80. The Morgan fingerprint density at radius 3 is 2.50 bits per heavy atom. The molecule has 7 heteroatoms. The van der Waals surface area contributed by atoms with Gasteiger partial charge in [0.2, 0.25) is 0 Å². The van der Waals surface area contributed by atoms with Crippen LogP contribution in [-0.2, 0) is 10.0 Å². The van der Waals surface area contributed by atoms with Crippen LogP contribution in [0.25, 0.3) is 0 Å². The predicted octanol–water partition coefficient (Wildman–Crippen LogP) is 1.94. The van der Waals surface area contributed by atoms with Gasteiger partial charge in [-0.25, -0.2) is 18.4 Å². The molecule has 0 saturated carbocycles. The predicted molar refractivity (Wildman–Crippen MR) is 78.3 cm³/mol. The SMILES string of the molecule is CNc1cc(S(=O)(=O)Nc2cc(C)cc(C)n2)ccn1. The average molecular weight is 292 g/mol. The van der Waals surface area contributed by atoms with Crippen molar-refractivity contribution < 1.29 is 8.42 Å². The number of nitrogens with zero attached hydrogens (tertiary/aromatic N) is 2. The number of pyridine rings is 2. The fourth-order valence-electron chi connectivity index (χ4n) is 1.81. The van der Waals surface area contributed by atoms with Crippen LogP contribution in [0, 0.1) is 13.8 Å². The van der Waals surface area contributed by atoms with Gasteiger partial charge >= 0.3 is 0 Å². The Morgan fingerprint density at radius 2 is 1.85 bits per heavy atom. The van der Waals surface area contributed by atoms with Crippen molar-refractivity contribution in [1.29, 1.82) is 0 Å². The van der Waals surface area contributed by atoms with E-state index in [4.69, 9.17) is 0 Å². The van der Waals surface area contributed by atoms with Gasteiger partial charge in [-0.2, -0.15) is 0 Å². The Labute approximate surface area is 118 Å². The number of nitrogens with one attached hydrogen (secondary N) is 2. The molecule has 0 saturated heterocycles. The van der Waals surface area contributed by atoms with Crippen LogP contribution in [0.1, 0.15) is 11.3 Å². The number of rotatable bonds is 4. The zero-order chi connectivity index (χ0) is 14.8. The van der Waals surface area contributed by atoms with Gasteiger partial charge in [0.05, 0.1) is 4.90 Å². The van der Waals surface area contributed by atoms with E-state index in [1.54, 1.807) is 13.1 Å². The summed E-state index contributed by atoms with van der Waals surface area (Å²) in [5.41, 5.74) is 1.70. The van der Waals surface area contributed by atoms with Crippen molar-refractivity contribution in [3.8, 4) is 0 Å². The van der Waals surface area contributed by atoms with Gasteiger partial charge in [-0.15, -0.1) is 0 Å². The van der Waals surface area contributed by atoms with Crippen molar-refractivity contribution >= 4 is 21.7 Å². The minimum atomic E-state index is -3.67. The van der Waals surface area contributed by atoms with Crippen molar-refractivity contribution in [2.24, 2.45) is 0 Å². The first-order valence-electron chi connectivity index (χ1n) is 6.02. The Morgan fingerprint density at radius 1 is 1.10 bits per heavy atom. The van der Waals surface area contributed by atoms with Crippen molar-refractivity contribution in [2.75, 3.05) is 17.1 Å². The molecule has 0 unspecified atom stereocenters. The molecule has 6 nitrogen and oxygen atoms in total. The number of anilines is 2. The summed E-state index contributed by atoms with van der Waals surface area (Å²) in [5.74, 6) is 0.798. The van der Waals surface area contributed by atoms with Crippen LogP contribution in [0.5, 0.6) is 0 Å². The summed E-state index contributed by atoms with van der Waals surface area (Å²) in [6.07, 6.45) is 1.44. The van der Waals surface area contributed by atoms with Crippen LogP contribution >= 0.6 is 0 Å². The standard InChI is InChI=1S/C13H16N4O2S/c1-9-6-10(2)16-13(7-9)17-20(18,19)11-4-5-15-12(8-11)14-3/h4-8H,1-3H3,(H,14,15)(H,16,17). The number of hydrogen-bond acceptors (Lipinski definition) is 5. The third-order valence-electron chi connectivity index (χ3n) is 2.63. The third kappa shape index (κ3) is 3.24. The second-order valence-electron chi connectivity index (χ2n) is 4.40. The highest BCUT2D eigenvalue weighted by Crippen LogP contribution is 2.17. The van der Waals surface area contributed by atoms with E-state index in [1.807, 2.05) is 19.9 Å². The van der Waals surface area contributed by atoms with Crippen molar-refractivity contribution in [1.82, 2.24) is 9.97 Å². The largest absolute Gasteiger partial charge is 0.373 e. The van der Waals surface area contributed by atoms with Crippen LogP contribution in [0.15, 0.2) is 35.4 Å². The molecule has 2 N–H and O–H groups in total. The fourth-order valence-corrected chi connectivity index (χ4v) is 2.81. The molecule has 0 fully saturated rings. The van der Waals surface area contributed by atoms with Gasteiger partial charge in [0.1, 0.15) is 11.6 Å². The van der Waals surface area contributed by atoms with Gasteiger partial charge in [0.15, 0.2) is 0 Å². The van der Waals surface area contributed by atoms with Crippen LogP contribution in [0.4, 0.5) is 11.6 Å². The minimum Gasteiger partial charge on any atom is -0.373 e. The molecule has 20 heavy (non-hydrogen) atoms. The van der Waals surface area contributed by atoms with E-state index in [0.717, 1.165) is 11.3 Å². The Kier molecular flexibility index (Phi) is 3.89. The molecule has 0 radical (unpaired) electrons. The molecular formula is C13H16N4O2S. The first kappa shape index (κ1) is 14.3. The summed E-state index contributed by atoms with van der Waals surface area (Å²) in [6, 6.07) is 6.46. The maximum Gasteiger partial charge on any atom is 0.263 e. The second kappa shape index (κ2) is 5.46. The van der Waals surface area contributed by atoms with E-state index in [0.29, 0.717) is 11.6 Å². The molecule has 2 rings (SSSR count). The summed E-state index contributed by atoms with van der Waals surface area (Å²) in [4.78, 5) is 8.29. The number of sulfonamides is 1. The number of aromatic nitrogens is 2. The third-order valence-corrected chi connectivity index (χ3v) is 3.99. The lowest BCUT2D eigenvalue weighted by molar-refractivity contribution is 0.601. The molecule has 0 aliphatic heterocycles. The molecule has 0 amide bonds. The molecule has 0 spiro atoms. The zero-order valence-corrected chi connectivity index (χ0v) is 12.3. The Bertz CT molecular complexity index is 709. The van der Waals surface area contributed by atoms with E-state index in [2.05, 4.69) is 20.0 Å². The van der Waals surface area contributed by atoms with Crippen LogP contribution in [-0.4, -0.2) is 25.4 Å². The molecule has 0 bridgehead atoms. The normalized spacial score (nSPS) is 11.2. The Hall–Kier alpha value is -2.15. The van der Waals surface area contributed by atoms with E-state index < -0.39 is 10.0 Å². The first-order valence-corrected chi connectivity index (χ1v) is 7.51. The van der Waals surface area contributed by atoms with E-state index >= 15 is 0 Å². The molecule has 0 aromatic carbocycles. The van der Waals surface area contributed by atoms with Crippen LogP contribution in [0.3, 0.4) is 0 Å². The maximum absolute atomic E-state index is 12.3. The average Bonchev–Trinajstić information content (AvgIpc) is 2.37. The lowest BCUT2D eigenvalue weighted by Gasteiger charge is -2.09. The molecular weight excluding hydrogens is 276 g/mol. The molecule has 0 aliphatic carbocycles. The summed E-state index contributed by atoms with van der Waals surface area (Å²) >= 11 is 0. The van der Waals surface area contributed by atoms with Crippen LogP contribution < -0.4 is 10.0 Å². The quantitative estimate of drug-likeness (QED) is 0.899. The second-order valence-corrected chi connectivity index (χ2v) is 6.09. The number of aryl methyl sites for hydroxylation is 2. The van der Waals surface area contributed by atoms with Crippen molar-refractivity contribution in [3.05, 3.63) is 41.7 Å². The minimum absolute atomic E-state index is 0.137. The highest BCUT2D eigenvalue weighted by atomic mass is 32.2. The van der Waals surface area contributed by atoms with Gasteiger partial charge in [0.25, 0.3) is 10.0 Å². The summed E-state index contributed by atoms with van der Waals surface area (Å²) < 4.78 is 27.0. The van der Waals surface area contributed by atoms with Crippen LogP contribution in [0.2, 0.25) is 0 Å². The molecule has 0 aliphatic rings. The first-order chi connectivity index (χ1) is 9.40. The van der Waals surface area contributed by atoms with Gasteiger partial charge in [-0.3, -0.25) is 4.72 Å². The molecule has 0 atom stereocenters. The smallest absolute Gasteiger partial charge is 0.263 e. The highest BCUT2D eigenvalue weighted by molar-refractivity contribution is 7.92. The molecule has 2 aromatic heterocycles. The fraction of sp³-hybridized carbons (Fsp3) is 0.231. The lowest BCUT2D eigenvalue weighted by Crippen LogP contribution is -2.14. The van der Waals surface area contributed by atoms with E-state index in [1.165, 1.54) is 18.3 Å². The van der Waals surface area contributed by atoms with Gasteiger partial charge in [-0.05, 0) is 37.6 Å². The molecule has 106 valence electrons. The molecule has 2 aromatic rings. The van der Waals surface area contributed by atoms with Crippen molar-refractivity contribution in [2.45, 2.75) is 18.7 Å².